The Morgan fingerprint density at radius 3 is 2.54 bits per heavy atom. The number of carbonyl (C=O) groups excluding carboxylic acids is 1. The molecule has 1 amide bonds. The van der Waals surface area contributed by atoms with Gasteiger partial charge < -0.3 is 19.3 Å². The summed E-state index contributed by atoms with van der Waals surface area (Å²) in [6, 6.07) is 9.46. The van der Waals surface area contributed by atoms with E-state index in [4.69, 9.17) is 14.5 Å². The zero-order chi connectivity index (χ0) is 19.7. The average molecular weight is 382 g/mol. The maximum atomic E-state index is 12.9. The summed E-state index contributed by atoms with van der Waals surface area (Å²) < 4.78 is 11.6. The van der Waals surface area contributed by atoms with Crippen LogP contribution in [0.15, 0.2) is 30.3 Å². The first-order valence-electron chi connectivity index (χ1n) is 9.79. The van der Waals surface area contributed by atoms with Gasteiger partial charge in [0.1, 0.15) is 18.2 Å². The number of hydrogen-bond donors (Lipinski definition) is 0. The van der Waals surface area contributed by atoms with Gasteiger partial charge in [-0.3, -0.25) is 4.79 Å². The Kier molecular flexibility index (Phi) is 5.07. The van der Waals surface area contributed by atoms with Crippen LogP contribution in [0.3, 0.4) is 0 Å². The van der Waals surface area contributed by atoms with Crippen molar-refractivity contribution in [3.05, 3.63) is 41.9 Å². The lowest BCUT2D eigenvalue weighted by molar-refractivity contribution is -0.141. The molecular weight excluding hydrogens is 356 g/mol. The third-order valence-electron chi connectivity index (χ3n) is 5.07. The first-order chi connectivity index (χ1) is 13.5. The fourth-order valence-electron chi connectivity index (χ4n) is 3.50. The molecule has 28 heavy (non-hydrogen) atoms. The number of piperazine rings is 1. The number of carbonyl (C=O) groups is 1. The Morgan fingerprint density at radius 2 is 1.82 bits per heavy atom. The molecule has 1 saturated heterocycles. The van der Waals surface area contributed by atoms with E-state index in [9.17, 15) is 4.79 Å². The van der Waals surface area contributed by atoms with Crippen LogP contribution in [0.25, 0.3) is 0 Å². The molecule has 2 aliphatic rings. The standard InChI is InChI=1S/C21H26N4O3/c1-14(2)20-22-15(3)12-19(23-20)24-8-10-25(11-9-24)21(26)18-13-27-16-6-4-5-7-17(16)28-18/h4-7,12,14,18H,8-11,13H2,1-3H3. The van der Waals surface area contributed by atoms with E-state index < -0.39 is 6.10 Å². The Hall–Kier alpha value is -2.83. The minimum atomic E-state index is -0.588. The molecule has 0 spiro atoms. The molecule has 7 nitrogen and oxygen atoms in total. The molecule has 1 atom stereocenters. The van der Waals surface area contributed by atoms with Crippen LogP contribution in [-0.4, -0.2) is 59.7 Å². The van der Waals surface area contributed by atoms with Gasteiger partial charge in [0, 0.05) is 43.9 Å². The van der Waals surface area contributed by atoms with Gasteiger partial charge in [-0.1, -0.05) is 26.0 Å². The molecule has 1 aromatic carbocycles. The molecule has 4 rings (SSSR count). The van der Waals surface area contributed by atoms with Crippen molar-refractivity contribution in [1.29, 1.82) is 0 Å². The molecule has 0 N–H and O–H groups in total. The Labute approximate surface area is 165 Å². The van der Waals surface area contributed by atoms with E-state index in [1.807, 2.05) is 42.2 Å². The largest absolute Gasteiger partial charge is 0.485 e. The second-order valence-electron chi connectivity index (χ2n) is 7.56. The number of aromatic nitrogens is 2. The lowest BCUT2D eigenvalue weighted by atomic mass is 10.2. The van der Waals surface area contributed by atoms with Crippen molar-refractivity contribution in [3.8, 4) is 11.5 Å². The quantitative estimate of drug-likeness (QED) is 0.812. The number of fused-ring (bicyclic) bond motifs is 1. The highest BCUT2D eigenvalue weighted by molar-refractivity contribution is 5.82. The highest BCUT2D eigenvalue weighted by Crippen LogP contribution is 2.31. The second-order valence-corrected chi connectivity index (χ2v) is 7.56. The predicted molar refractivity (Wildman–Crippen MR) is 106 cm³/mol. The fraction of sp³-hybridized carbons (Fsp3) is 0.476. The molecule has 3 heterocycles. The first-order valence-corrected chi connectivity index (χ1v) is 9.79. The highest BCUT2D eigenvalue weighted by atomic mass is 16.6. The van der Waals surface area contributed by atoms with Crippen molar-refractivity contribution in [2.24, 2.45) is 0 Å². The van der Waals surface area contributed by atoms with Gasteiger partial charge in [-0.15, -0.1) is 0 Å². The van der Waals surface area contributed by atoms with Gasteiger partial charge in [-0.05, 0) is 19.1 Å². The smallest absolute Gasteiger partial charge is 0.267 e. The molecular formula is C21H26N4O3. The van der Waals surface area contributed by atoms with Crippen LogP contribution in [0.2, 0.25) is 0 Å². The monoisotopic (exact) mass is 382 g/mol. The summed E-state index contributed by atoms with van der Waals surface area (Å²) in [5.41, 5.74) is 0.971. The number of hydrogen-bond acceptors (Lipinski definition) is 6. The zero-order valence-corrected chi connectivity index (χ0v) is 16.6. The van der Waals surface area contributed by atoms with Gasteiger partial charge in [0.2, 0.25) is 6.10 Å². The van der Waals surface area contributed by atoms with Crippen LogP contribution in [0.4, 0.5) is 5.82 Å². The summed E-state index contributed by atoms with van der Waals surface area (Å²) in [6.07, 6.45) is -0.588. The molecule has 2 aliphatic heterocycles. The van der Waals surface area contributed by atoms with E-state index in [-0.39, 0.29) is 18.4 Å². The molecule has 0 radical (unpaired) electrons. The Balaban J connectivity index is 1.39. The summed E-state index contributed by atoms with van der Waals surface area (Å²) in [5.74, 6) is 3.39. The second kappa shape index (κ2) is 7.66. The SMILES string of the molecule is Cc1cc(N2CCN(C(=O)C3COc4ccccc4O3)CC2)nc(C(C)C)n1. The molecule has 0 aliphatic carbocycles. The maximum absolute atomic E-state index is 12.9. The number of ether oxygens (including phenoxy) is 2. The number of rotatable bonds is 3. The van der Waals surface area contributed by atoms with Crippen LogP contribution >= 0.6 is 0 Å². The van der Waals surface area contributed by atoms with E-state index in [1.165, 1.54) is 0 Å². The van der Waals surface area contributed by atoms with E-state index in [0.29, 0.717) is 24.6 Å². The van der Waals surface area contributed by atoms with Crippen molar-refractivity contribution in [2.75, 3.05) is 37.7 Å². The van der Waals surface area contributed by atoms with Crippen molar-refractivity contribution < 1.29 is 14.3 Å². The minimum absolute atomic E-state index is 0.0177. The first kappa shape index (κ1) is 18.5. The molecule has 2 aromatic rings. The van der Waals surface area contributed by atoms with Gasteiger partial charge >= 0.3 is 0 Å². The molecule has 0 saturated carbocycles. The lowest BCUT2D eigenvalue weighted by Crippen LogP contribution is -2.54. The molecule has 148 valence electrons. The topological polar surface area (TPSA) is 67.8 Å². The van der Waals surface area contributed by atoms with Crippen molar-refractivity contribution >= 4 is 11.7 Å². The summed E-state index contributed by atoms with van der Waals surface area (Å²) in [6.45, 7) is 9.20. The molecule has 1 unspecified atom stereocenters. The molecule has 0 bridgehead atoms. The number of nitrogens with zero attached hydrogens (tertiary/aromatic N) is 4. The predicted octanol–water partition coefficient (Wildman–Crippen LogP) is 2.40. The Morgan fingerprint density at radius 1 is 1.11 bits per heavy atom. The summed E-state index contributed by atoms with van der Waals surface area (Å²) in [4.78, 5) is 26.2. The van der Waals surface area contributed by atoms with E-state index in [0.717, 1.165) is 30.4 Å². The van der Waals surface area contributed by atoms with Gasteiger partial charge in [0.15, 0.2) is 11.5 Å². The summed E-state index contributed by atoms with van der Waals surface area (Å²) in [7, 11) is 0. The summed E-state index contributed by atoms with van der Waals surface area (Å²) >= 11 is 0. The molecule has 7 heteroatoms. The van der Waals surface area contributed by atoms with E-state index in [2.05, 4.69) is 23.7 Å². The van der Waals surface area contributed by atoms with Crippen molar-refractivity contribution in [3.63, 3.8) is 0 Å². The third kappa shape index (κ3) is 3.74. The minimum Gasteiger partial charge on any atom is -0.485 e. The Bertz CT molecular complexity index is 862. The highest BCUT2D eigenvalue weighted by Gasteiger charge is 2.33. The molecule has 1 aromatic heterocycles. The number of amides is 1. The van der Waals surface area contributed by atoms with Gasteiger partial charge in [0.05, 0.1) is 0 Å². The van der Waals surface area contributed by atoms with Crippen LogP contribution in [0, 0.1) is 6.92 Å². The van der Waals surface area contributed by atoms with Crippen LogP contribution in [0.5, 0.6) is 11.5 Å². The normalized spacial score (nSPS) is 19.1. The van der Waals surface area contributed by atoms with Gasteiger partial charge in [-0.2, -0.15) is 0 Å². The molecule has 1 fully saturated rings. The third-order valence-corrected chi connectivity index (χ3v) is 5.07. The van der Waals surface area contributed by atoms with E-state index in [1.54, 1.807) is 0 Å². The number of anilines is 1. The van der Waals surface area contributed by atoms with Gasteiger partial charge in [-0.25, -0.2) is 9.97 Å². The van der Waals surface area contributed by atoms with Crippen molar-refractivity contribution in [1.82, 2.24) is 14.9 Å². The van der Waals surface area contributed by atoms with Crippen LogP contribution in [0.1, 0.15) is 31.3 Å². The summed E-state index contributed by atoms with van der Waals surface area (Å²) in [5, 5.41) is 0. The number of benzene rings is 1. The van der Waals surface area contributed by atoms with E-state index >= 15 is 0 Å². The van der Waals surface area contributed by atoms with Gasteiger partial charge in [0.25, 0.3) is 5.91 Å². The fourth-order valence-corrected chi connectivity index (χ4v) is 3.50. The van der Waals surface area contributed by atoms with Crippen molar-refractivity contribution in [2.45, 2.75) is 32.8 Å². The number of para-hydroxylation sites is 2. The lowest BCUT2D eigenvalue weighted by Gasteiger charge is -2.37. The number of aryl methyl sites for hydroxylation is 1. The van der Waals surface area contributed by atoms with Crippen LogP contribution in [-0.2, 0) is 4.79 Å². The average Bonchev–Trinajstić information content (AvgIpc) is 2.72. The van der Waals surface area contributed by atoms with Crippen LogP contribution < -0.4 is 14.4 Å². The maximum Gasteiger partial charge on any atom is 0.267 e. The zero-order valence-electron chi connectivity index (χ0n) is 16.6.